The molecule has 0 fully saturated rings. The van der Waals surface area contributed by atoms with Crippen LogP contribution in [-0.4, -0.2) is 10.8 Å². The number of aromatic nitrogens is 1. The highest BCUT2D eigenvalue weighted by atomic mass is 16.3. The summed E-state index contributed by atoms with van der Waals surface area (Å²) in [6.07, 6.45) is 9.30. The quantitative estimate of drug-likeness (QED) is 0.628. The third-order valence-electron chi connectivity index (χ3n) is 3.70. The van der Waals surface area contributed by atoms with E-state index >= 15 is 0 Å². The number of carbonyl (C=O) groups is 1. The number of ketones is 1. The van der Waals surface area contributed by atoms with E-state index in [0.717, 1.165) is 18.5 Å². The number of aryl methyl sites for hydroxylation is 3. The van der Waals surface area contributed by atoms with E-state index in [1.165, 1.54) is 24.1 Å². The number of pyridine rings is 1. The summed E-state index contributed by atoms with van der Waals surface area (Å²) in [5.41, 5.74) is 3.92. The molecular weight excluding hydrogens is 250 g/mol. The lowest BCUT2D eigenvalue weighted by atomic mass is 9.93. The third-order valence-corrected chi connectivity index (χ3v) is 3.70. The van der Waals surface area contributed by atoms with Gasteiger partial charge in [-0.2, -0.15) is 0 Å². The van der Waals surface area contributed by atoms with Gasteiger partial charge in [0.15, 0.2) is 5.78 Å². The van der Waals surface area contributed by atoms with Crippen molar-refractivity contribution in [3.8, 4) is 0 Å². The molecule has 0 saturated carbocycles. The highest BCUT2D eigenvalue weighted by Gasteiger charge is 2.15. The van der Waals surface area contributed by atoms with Gasteiger partial charge in [0.05, 0.1) is 6.26 Å². The highest BCUT2D eigenvalue weighted by molar-refractivity contribution is 6.07. The van der Waals surface area contributed by atoms with Crippen molar-refractivity contribution in [3.05, 3.63) is 58.8 Å². The van der Waals surface area contributed by atoms with E-state index in [1.54, 1.807) is 24.5 Å². The van der Waals surface area contributed by atoms with Crippen LogP contribution in [0.5, 0.6) is 0 Å². The Kier molecular flexibility index (Phi) is 3.50. The van der Waals surface area contributed by atoms with Crippen LogP contribution in [0, 0.1) is 6.92 Å². The second-order valence-electron chi connectivity index (χ2n) is 5.15. The van der Waals surface area contributed by atoms with E-state index in [4.69, 9.17) is 4.42 Å². The molecule has 3 nitrogen and oxygen atoms in total. The molecule has 0 N–H and O–H groups in total. The van der Waals surface area contributed by atoms with Gasteiger partial charge in [0.25, 0.3) is 0 Å². The van der Waals surface area contributed by atoms with Gasteiger partial charge in [0.2, 0.25) is 0 Å². The summed E-state index contributed by atoms with van der Waals surface area (Å²) < 4.78 is 5.19. The van der Waals surface area contributed by atoms with Crippen LogP contribution in [0.15, 0.2) is 35.0 Å². The molecule has 3 rings (SSSR count). The van der Waals surface area contributed by atoms with Crippen LogP contribution < -0.4 is 0 Å². The maximum absolute atomic E-state index is 12.3. The molecular formula is C17H17NO2. The summed E-state index contributed by atoms with van der Waals surface area (Å²) in [4.78, 5) is 16.9. The Labute approximate surface area is 118 Å². The summed E-state index contributed by atoms with van der Waals surface area (Å²) in [5.74, 6) is 0.668. The van der Waals surface area contributed by atoms with E-state index in [1.807, 2.05) is 19.1 Å². The summed E-state index contributed by atoms with van der Waals surface area (Å²) >= 11 is 0. The fourth-order valence-corrected chi connectivity index (χ4v) is 2.62. The Morgan fingerprint density at radius 2 is 2.20 bits per heavy atom. The van der Waals surface area contributed by atoms with Crippen LogP contribution in [0.1, 0.15) is 45.9 Å². The largest absolute Gasteiger partial charge is 0.465 e. The molecule has 0 atom stereocenters. The average molecular weight is 267 g/mol. The zero-order valence-electron chi connectivity index (χ0n) is 11.6. The molecule has 1 aliphatic carbocycles. The van der Waals surface area contributed by atoms with Gasteiger partial charge in [0, 0.05) is 17.0 Å². The molecule has 0 aromatic carbocycles. The SMILES string of the molecule is Cc1nc2c(cc1C(=O)C=Cc1ccco1)CCCC2. The summed E-state index contributed by atoms with van der Waals surface area (Å²) in [7, 11) is 0. The van der Waals surface area contributed by atoms with Gasteiger partial charge in [-0.15, -0.1) is 0 Å². The smallest absolute Gasteiger partial charge is 0.187 e. The molecule has 0 aliphatic heterocycles. The third kappa shape index (κ3) is 2.57. The maximum atomic E-state index is 12.3. The molecule has 0 saturated heterocycles. The lowest BCUT2D eigenvalue weighted by Crippen LogP contribution is -2.10. The van der Waals surface area contributed by atoms with Crippen LogP contribution in [0.25, 0.3) is 6.08 Å². The number of allylic oxidation sites excluding steroid dienone is 1. The number of nitrogens with zero attached hydrogens (tertiary/aromatic N) is 1. The van der Waals surface area contributed by atoms with Crippen LogP contribution in [0.3, 0.4) is 0 Å². The van der Waals surface area contributed by atoms with Crippen LogP contribution in [0.4, 0.5) is 0 Å². The van der Waals surface area contributed by atoms with Crippen LogP contribution in [0.2, 0.25) is 0 Å². The molecule has 2 aromatic heterocycles. The topological polar surface area (TPSA) is 43.1 Å². The molecule has 0 spiro atoms. The Hall–Kier alpha value is -2.16. The zero-order valence-corrected chi connectivity index (χ0v) is 11.6. The van der Waals surface area contributed by atoms with Crippen molar-refractivity contribution in [1.82, 2.24) is 4.98 Å². The molecule has 0 unspecified atom stereocenters. The van der Waals surface area contributed by atoms with E-state index < -0.39 is 0 Å². The van der Waals surface area contributed by atoms with Gasteiger partial charge in [-0.25, -0.2) is 0 Å². The maximum Gasteiger partial charge on any atom is 0.187 e. The van der Waals surface area contributed by atoms with Crippen molar-refractivity contribution in [2.75, 3.05) is 0 Å². The molecule has 3 heteroatoms. The van der Waals surface area contributed by atoms with E-state index in [0.29, 0.717) is 11.3 Å². The molecule has 20 heavy (non-hydrogen) atoms. The first kappa shape index (κ1) is 12.9. The minimum absolute atomic E-state index is 0.0141. The monoisotopic (exact) mass is 267 g/mol. The zero-order chi connectivity index (χ0) is 13.9. The standard InChI is InChI=1S/C17H17NO2/c1-12-15(11-13-5-2-3-7-16(13)18-12)17(19)9-8-14-6-4-10-20-14/h4,6,8-11H,2-3,5,7H2,1H3. The lowest BCUT2D eigenvalue weighted by Gasteiger charge is -2.16. The fraction of sp³-hybridized carbons (Fsp3) is 0.294. The van der Waals surface area contributed by atoms with Gasteiger partial charge in [-0.05, 0) is 68.5 Å². The Morgan fingerprint density at radius 1 is 1.35 bits per heavy atom. The molecule has 0 bridgehead atoms. The number of carbonyl (C=O) groups excluding carboxylic acids is 1. The van der Waals surface area contributed by atoms with Gasteiger partial charge >= 0.3 is 0 Å². The second kappa shape index (κ2) is 5.45. The molecule has 0 amide bonds. The molecule has 1 aliphatic rings. The molecule has 2 heterocycles. The first-order valence-corrected chi connectivity index (χ1v) is 6.99. The van der Waals surface area contributed by atoms with Gasteiger partial charge in [0.1, 0.15) is 5.76 Å². The number of hydrogen-bond acceptors (Lipinski definition) is 3. The Morgan fingerprint density at radius 3 is 3.00 bits per heavy atom. The average Bonchev–Trinajstić information content (AvgIpc) is 2.97. The Balaban J connectivity index is 1.87. The van der Waals surface area contributed by atoms with E-state index in [2.05, 4.69) is 4.98 Å². The first-order valence-electron chi connectivity index (χ1n) is 6.99. The Bertz CT molecular complexity index is 654. The van der Waals surface area contributed by atoms with Crippen molar-refractivity contribution in [2.24, 2.45) is 0 Å². The fourth-order valence-electron chi connectivity index (χ4n) is 2.62. The number of rotatable bonds is 3. The second-order valence-corrected chi connectivity index (χ2v) is 5.15. The van der Waals surface area contributed by atoms with Crippen molar-refractivity contribution in [3.63, 3.8) is 0 Å². The normalized spacial score (nSPS) is 14.4. The van der Waals surface area contributed by atoms with Gasteiger partial charge in [-0.1, -0.05) is 0 Å². The van der Waals surface area contributed by atoms with Gasteiger partial charge < -0.3 is 4.42 Å². The first-order chi connectivity index (χ1) is 9.74. The molecule has 2 aromatic rings. The number of furan rings is 1. The molecule has 102 valence electrons. The lowest BCUT2D eigenvalue weighted by molar-refractivity contribution is 0.104. The predicted molar refractivity (Wildman–Crippen MR) is 77.7 cm³/mol. The van der Waals surface area contributed by atoms with E-state index in [-0.39, 0.29) is 5.78 Å². The minimum Gasteiger partial charge on any atom is -0.465 e. The molecule has 0 radical (unpaired) electrons. The van der Waals surface area contributed by atoms with Crippen molar-refractivity contribution in [1.29, 1.82) is 0 Å². The van der Waals surface area contributed by atoms with Crippen molar-refractivity contribution < 1.29 is 9.21 Å². The van der Waals surface area contributed by atoms with Gasteiger partial charge in [-0.3, -0.25) is 9.78 Å². The van der Waals surface area contributed by atoms with E-state index in [9.17, 15) is 4.79 Å². The highest BCUT2D eigenvalue weighted by Crippen LogP contribution is 2.22. The van der Waals surface area contributed by atoms with Crippen LogP contribution >= 0.6 is 0 Å². The minimum atomic E-state index is -0.0141. The number of hydrogen-bond donors (Lipinski definition) is 0. The summed E-state index contributed by atoms with van der Waals surface area (Å²) in [6.45, 7) is 1.91. The van der Waals surface area contributed by atoms with Crippen molar-refractivity contribution in [2.45, 2.75) is 32.6 Å². The summed E-state index contributed by atoms with van der Waals surface area (Å²) in [5, 5.41) is 0. The number of fused-ring (bicyclic) bond motifs is 1. The predicted octanol–water partition coefficient (Wildman–Crippen LogP) is 3.76. The summed E-state index contributed by atoms with van der Waals surface area (Å²) in [6, 6.07) is 5.64. The van der Waals surface area contributed by atoms with Crippen molar-refractivity contribution >= 4 is 11.9 Å². The van der Waals surface area contributed by atoms with Crippen LogP contribution in [-0.2, 0) is 12.8 Å².